The fourth-order valence-corrected chi connectivity index (χ4v) is 10.3. The van der Waals surface area contributed by atoms with Crippen molar-refractivity contribution in [2.24, 2.45) is 0 Å². The molecule has 0 aliphatic heterocycles. The monoisotopic (exact) mass is 460 g/mol. The average molecular weight is 461 g/mol. The highest BCUT2D eigenvalue weighted by molar-refractivity contribution is 7.50. The Labute approximate surface area is 186 Å². The van der Waals surface area contributed by atoms with Crippen LogP contribution in [0.5, 0.6) is 0 Å². The van der Waals surface area contributed by atoms with Crippen molar-refractivity contribution in [3.63, 3.8) is 0 Å². The molecule has 0 radical (unpaired) electrons. The summed E-state index contributed by atoms with van der Waals surface area (Å²) in [5.41, 5.74) is 0. The van der Waals surface area contributed by atoms with Crippen LogP contribution in [0.25, 0.3) is 38.0 Å². The summed E-state index contributed by atoms with van der Waals surface area (Å²) in [4.78, 5) is 4.41. The van der Waals surface area contributed by atoms with Crippen LogP contribution in [0.3, 0.4) is 0 Å². The minimum Gasteiger partial charge on any atom is -0.143 e. The Morgan fingerprint density at radius 1 is 0.821 bits per heavy atom. The van der Waals surface area contributed by atoms with Gasteiger partial charge in [0, 0.05) is 25.4 Å². The van der Waals surface area contributed by atoms with E-state index in [1.807, 2.05) is 56.7 Å². The number of thiophene rings is 5. The standard InChI is InChI=1S/C23H24S5/c1-3-4-5-6-7-9-14(2)18-12-15-20-21(27-22(15)25-18)16-13-19(26-23(16)28-20)17-10-8-11-24-17/h8,10-14H,3-7,9H2,1-2H3. The lowest BCUT2D eigenvalue weighted by Gasteiger charge is -2.08. The normalized spacial score (nSPS) is 13.4. The third kappa shape index (κ3) is 3.50. The summed E-state index contributed by atoms with van der Waals surface area (Å²) in [5, 5.41) is 5.17. The van der Waals surface area contributed by atoms with Crippen LogP contribution in [0.15, 0.2) is 29.6 Å². The van der Waals surface area contributed by atoms with Crippen LogP contribution >= 0.6 is 56.7 Å². The van der Waals surface area contributed by atoms with Crippen LogP contribution < -0.4 is 0 Å². The molecular formula is C23H24S5. The summed E-state index contributed by atoms with van der Waals surface area (Å²) in [7, 11) is 0. The molecule has 5 aromatic heterocycles. The van der Waals surface area contributed by atoms with Gasteiger partial charge in [-0.3, -0.25) is 0 Å². The summed E-state index contributed by atoms with van der Waals surface area (Å²) < 4.78 is 6.05. The molecule has 0 saturated carbocycles. The molecule has 0 aliphatic carbocycles. The van der Waals surface area contributed by atoms with E-state index in [4.69, 9.17) is 0 Å². The molecule has 0 amide bonds. The average Bonchev–Trinajstić information content (AvgIpc) is 3.46. The van der Waals surface area contributed by atoms with E-state index in [0.29, 0.717) is 5.92 Å². The second-order valence-electron chi connectivity index (χ2n) is 7.61. The molecule has 5 aromatic rings. The van der Waals surface area contributed by atoms with Gasteiger partial charge in [-0.1, -0.05) is 52.0 Å². The molecule has 0 nitrogen and oxygen atoms in total. The van der Waals surface area contributed by atoms with Crippen LogP contribution in [0.1, 0.15) is 63.2 Å². The molecule has 0 aromatic carbocycles. The molecule has 0 N–H and O–H groups in total. The van der Waals surface area contributed by atoms with E-state index in [1.165, 1.54) is 76.5 Å². The van der Waals surface area contributed by atoms with Crippen molar-refractivity contribution >= 4 is 84.9 Å². The van der Waals surface area contributed by atoms with Gasteiger partial charge in [-0.05, 0) is 35.9 Å². The number of unbranched alkanes of at least 4 members (excludes halogenated alkanes) is 4. The fraction of sp³-hybridized carbons (Fsp3) is 0.391. The summed E-state index contributed by atoms with van der Waals surface area (Å²) in [6, 6.07) is 9.32. The Kier molecular flexibility index (Phi) is 5.63. The number of fused-ring (bicyclic) bond motifs is 5. The Morgan fingerprint density at radius 3 is 2.32 bits per heavy atom. The highest BCUT2D eigenvalue weighted by Crippen LogP contribution is 2.51. The van der Waals surface area contributed by atoms with Crippen LogP contribution in [0.2, 0.25) is 0 Å². The summed E-state index contributed by atoms with van der Waals surface area (Å²) >= 11 is 9.88. The lowest BCUT2D eigenvalue weighted by Crippen LogP contribution is -1.90. The van der Waals surface area contributed by atoms with E-state index in [1.54, 1.807) is 4.88 Å². The van der Waals surface area contributed by atoms with Gasteiger partial charge in [-0.2, -0.15) is 0 Å². The maximum absolute atomic E-state index is 2.51. The highest BCUT2D eigenvalue weighted by atomic mass is 32.2. The Morgan fingerprint density at radius 2 is 1.57 bits per heavy atom. The highest BCUT2D eigenvalue weighted by Gasteiger charge is 2.19. The van der Waals surface area contributed by atoms with Crippen LogP contribution in [-0.2, 0) is 0 Å². The van der Waals surface area contributed by atoms with Gasteiger partial charge in [-0.25, -0.2) is 0 Å². The number of hydrogen-bond donors (Lipinski definition) is 0. The van der Waals surface area contributed by atoms with E-state index in [2.05, 4.69) is 43.5 Å². The minimum atomic E-state index is 0.702. The van der Waals surface area contributed by atoms with Crippen molar-refractivity contribution in [1.29, 1.82) is 0 Å². The first-order chi connectivity index (χ1) is 13.7. The molecule has 28 heavy (non-hydrogen) atoms. The molecule has 0 saturated heterocycles. The van der Waals surface area contributed by atoms with Crippen LogP contribution in [0, 0.1) is 0 Å². The van der Waals surface area contributed by atoms with Crippen LogP contribution in [-0.4, -0.2) is 0 Å². The number of rotatable bonds is 8. The largest absolute Gasteiger partial charge is 0.143 e. The predicted octanol–water partition coefficient (Wildman–Crippen LogP) is 10.6. The zero-order chi connectivity index (χ0) is 19.1. The van der Waals surface area contributed by atoms with Gasteiger partial charge >= 0.3 is 0 Å². The third-order valence-corrected chi connectivity index (χ3v) is 11.8. The predicted molar refractivity (Wildman–Crippen MR) is 136 cm³/mol. The van der Waals surface area contributed by atoms with Gasteiger partial charge in [-0.15, -0.1) is 56.7 Å². The third-order valence-electron chi connectivity index (χ3n) is 5.49. The first-order valence-corrected chi connectivity index (χ1v) is 14.3. The van der Waals surface area contributed by atoms with Crippen LogP contribution in [0.4, 0.5) is 0 Å². The van der Waals surface area contributed by atoms with E-state index in [9.17, 15) is 0 Å². The Balaban J connectivity index is 1.40. The van der Waals surface area contributed by atoms with E-state index in [0.717, 1.165) is 0 Å². The summed E-state index contributed by atoms with van der Waals surface area (Å²) in [5.74, 6) is 0.702. The molecule has 0 fully saturated rings. The molecule has 5 heteroatoms. The molecule has 5 heterocycles. The van der Waals surface area contributed by atoms with Gasteiger partial charge in [0.05, 0.1) is 17.4 Å². The zero-order valence-corrected chi connectivity index (χ0v) is 20.3. The van der Waals surface area contributed by atoms with Gasteiger partial charge < -0.3 is 0 Å². The minimum absolute atomic E-state index is 0.702. The quantitative estimate of drug-likeness (QED) is 0.202. The van der Waals surface area contributed by atoms with Crippen molar-refractivity contribution in [2.75, 3.05) is 0 Å². The first-order valence-electron chi connectivity index (χ1n) is 10.2. The molecular weight excluding hydrogens is 437 g/mol. The molecule has 1 atom stereocenters. The first kappa shape index (κ1) is 19.3. The molecule has 0 aliphatic rings. The SMILES string of the molecule is CCCCCCCC(C)c1cc2c(s1)sc1c3cc(-c4cccs4)sc3sc21. The molecule has 0 spiro atoms. The molecule has 0 bridgehead atoms. The maximum atomic E-state index is 2.51. The Hall–Kier alpha value is -0.720. The van der Waals surface area contributed by atoms with Gasteiger partial charge in [0.25, 0.3) is 0 Å². The van der Waals surface area contributed by atoms with Crippen molar-refractivity contribution in [3.8, 4) is 9.75 Å². The van der Waals surface area contributed by atoms with Gasteiger partial charge in [0.2, 0.25) is 0 Å². The smallest absolute Gasteiger partial charge is 0.0893 e. The second kappa shape index (κ2) is 8.19. The van der Waals surface area contributed by atoms with Crippen molar-refractivity contribution in [3.05, 3.63) is 34.5 Å². The van der Waals surface area contributed by atoms with E-state index >= 15 is 0 Å². The summed E-state index contributed by atoms with van der Waals surface area (Å²) in [6.07, 6.45) is 8.25. The lowest BCUT2D eigenvalue weighted by atomic mass is 10.0. The van der Waals surface area contributed by atoms with Crippen molar-refractivity contribution in [2.45, 2.75) is 58.3 Å². The molecule has 5 rings (SSSR count). The lowest BCUT2D eigenvalue weighted by molar-refractivity contribution is 0.571. The zero-order valence-electron chi connectivity index (χ0n) is 16.2. The van der Waals surface area contributed by atoms with E-state index < -0.39 is 0 Å². The molecule has 146 valence electrons. The van der Waals surface area contributed by atoms with Gasteiger partial charge in [0.15, 0.2) is 0 Å². The van der Waals surface area contributed by atoms with Crippen molar-refractivity contribution < 1.29 is 0 Å². The number of hydrogen-bond acceptors (Lipinski definition) is 5. The van der Waals surface area contributed by atoms with E-state index in [-0.39, 0.29) is 0 Å². The molecule has 1 unspecified atom stereocenters. The van der Waals surface area contributed by atoms with Gasteiger partial charge in [0.1, 0.15) is 0 Å². The second-order valence-corrected chi connectivity index (χ2v) is 13.2. The topological polar surface area (TPSA) is 0 Å². The van der Waals surface area contributed by atoms with Crippen molar-refractivity contribution in [1.82, 2.24) is 0 Å². The summed E-state index contributed by atoms with van der Waals surface area (Å²) in [6.45, 7) is 4.71. The fourth-order valence-electron chi connectivity index (χ4n) is 3.85. The Bertz CT molecular complexity index is 1190. The maximum Gasteiger partial charge on any atom is 0.0893 e.